The molecule has 0 aliphatic rings. The van der Waals surface area contributed by atoms with E-state index >= 15 is 0 Å². The molecule has 1 aromatic carbocycles. The lowest BCUT2D eigenvalue weighted by molar-refractivity contribution is 0.0740. The van der Waals surface area contributed by atoms with Gasteiger partial charge in [0.2, 0.25) is 0 Å². The average molecular weight is 338 g/mol. The van der Waals surface area contributed by atoms with Gasteiger partial charge in [0.05, 0.1) is 14.6 Å². The number of esters is 1. The molecule has 0 atom stereocenters. The molecule has 0 radical (unpaired) electrons. The van der Waals surface area contributed by atoms with E-state index in [1.807, 2.05) is 0 Å². The van der Waals surface area contributed by atoms with Crippen LogP contribution in [0.3, 0.4) is 0 Å². The zero-order valence-corrected chi connectivity index (χ0v) is 12.8. The Balaban J connectivity index is 1.87. The van der Waals surface area contributed by atoms with Crippen LogP contribution in [0.5, 0.6) is 5.75 Å². The summed E-state index contributed by atoms with van der Waals surface area (Å²) in [6.07, 6.45) is 0. The van der Waals surface area contributed by atoms with Gasteiger partial charge in [0.15, 0.2) is 10.8 Å². The van der Waals surface area contributed by atoms with Crippen molar-refractivity contribution in [3.63, 3.8) is 0 Å². The molecule has 0 saturated carbocycles. The van der Waals surface area contributed by atoms with Gasteiger partial charge >= 0.3 is 5.97 Å². The summed E-state index contributed by atoms with van der Waals surface area (Å²) in [7, 11) is 0. The van der Waals surface area contributed by atoms with Gasteiger partial charge in [-0.05, 0) is 24.3 Å². The third kappa shape index (κ3) is 2.90. The number of thiazole rings is 1. The molecular weight excluding hydrogens is 330 g/mol. The Bertz CT molecular complexity index is 856. The molecule has 0 unspecified atom stereocenters. The number of nitrogens with zero attached hydrogens (tertiary/aromatic N) is 1. The van der Waals surface area contributed by atoms with Crippen molar-refractivity contribution in [2.24, 2.45) is 5.73 Å². The van der Waals surface area contributed by atoms with Crippen LogP contribution < -0.4 is 10.5 Å². The number of hydrogen-bond donors (Lipinski definition) is 2. The van der Waals surface area contributed by atoms with E-state index in [1.165, 1.54) is 11.3 Å². The summed E-state index contributed by atoms with van der Waals surface area (Å²) in [6, 6.07) is 8.34. The molecule has 0 aliphatic heterocycles. The highest BCUT2D eigenvalue weighted by atomic mass is 35.5. The number of benzene rings is 1. The summed E-state index contributed by atoms with van der Waals surface area (Å²) in [5.41, 5.74) is 6.12. The quantitative estimate of drug-likeness (QED) is 0.331. The summed E-state index contributed by atoms with van der Waals surface area (Å²) < 4.78 is 6.63. The minimum atomic E-state index is -0.456. The Morgan fingerprint density at radius 3 is 2.76 bits per heavy atom. The molecule has 0 fully saturated rings. The Morgan fingerprint density at radius 1 is 1.29 bits per heavy atom. The number of nitrogen functional groups attached to an aromatic ring is 1. The van der Waals surface area contributed by atoms with E-state index in [0.717, 1.165) is 16.0 Å². The number of carbonyl (C=O) groups excluding carboxylic acids is 1. The number of aromatic nitrogens is 1. The molecule has 2 aromatic heterocycles. The number of nitrogens with two attached hydrogens (primary N) is 1. The lowest BCUT2D eigenvalue weighted by Crippen LogP contribution is -2.09. The lowest BCUT2D eigenvalue weighted by Gasteiger charge is -2.01. The number of amidine groups is 1. The third-order valence-electron chi connectivity index (χ3n) is 2.58. The van der Waals surface area contributed by atoms with Crippen LogP contribution in [0, 0.1) is 5.41 Å². The molecule has 0 amide bonds. The van der Waals surface area contributed by atoms with Crippen LogP contribution in [-0.4, -0.2) is 16.8 Å². The molecule has 0 saturated heterocycles. The summed E-state index contributed by atoms with van der Waals surface area (Å²) in [6.45, 7) is 0. The van der Waals surface area contributed by atoms with Crippen LogP contribution in [0.15, 0.2) is 30.3 Å². The number of halogens is 1. The van der Waals surface area contributed by atoms with Gasteiger partial charge in [0.1, 0.15) is 10.6 Å². The van der Waals surface area contributed by atoms with Gasteiger partial charge in [0, 0.05) is 6.07 Å². The van der Waals surface area contributed by atoms with Gasteiger partial charge in [0.25, 0.3) is 0 Å². The summed E-state index contributed by atoms with van der Waals surface area (Å²) in [5, 5.41) is 7.82. The predicted molar refractivity (Wildman–Crippen MR) is 84.9 cm³/mol. The van der Waals surface area contributed by atoms with Gasteiger partial charge in [-0.2, -0.15) is 0 Å². The SMILES string of the molecule is N=C(N)c1nc2ccc(OC(=O)c3ccc(Cl)s3)cc2s1. The van der Waals surface area contributed by atoms with E-state index in [-0.39, 0.29) is 5.84 Å². The fraction of sp³-hybridized carbons (Fsp3) is 0. The maximum atomic E-state index is 11.9. The van der Waals surface area contributed by atoms with Gasteiger partial charge in [-0.1, -0.05) is 11.6 Å². The zero-order valence-electron chi connectivity index (χ0n) is 10.4. The number of carbonyl (C=O) groups is 1. The monoisotopic (exact) mass is 337 g/mol. The molecule has 3 aromatic rings. The largest absolute Gasteiger partial charge is 0.422 e. The van der Waals surface area contributed by atoms with Crippen LogP contribution in [0.1, 0.15) is 14.7 Å². The number of hydrogen-bond acceptors (Lipinski definition) is 6. The smallest absolute Gasteiger partial charge is 0.353 e. The highest BCUT2D eigenvalue weighted by Gasteiger charge is 2.13. The van der Waals surface area contributed by atoms with Crippen molar-refractivity contribution in [3.8, 4) is 5.75 Å². The Hall–Kier alpha value is -1.96. The summed E-state index contributed by atoms with van der Waals surface area (Å²) in [5.74, 6) is -0.124. The molecular formula is C13H8ClN3O2S2. The molecule has 5 nitrogen and oxygen atoms in total. The molecule has 0 spiro atoms. The van der Waals surface area contributed by atoms with E-state index < -0.39 is 5.97 Å². The molecule has 8 heteroatoms. The third-order valence-corrected chi connectivity index (χ3v) is 4.84. The molecule has 0 aliphatic carbocycles. The van der Waals surface area contributed by atoms with E-state index in [4.69, 9.17) is 27.5 Å². The number of rotatable bonds is 3. The first-order valence-electron chi connectivity index (χ1n) is 5.75. The van der Waals surface area contributed by atoms with Crippen LogP contribution in [0.4, 0.5) is 0 Å². The fourth-order valence-corrected chi connectivity index (χ4v) is 3.44. The van der Waals surface area contributed by atoms with E-state index in [9.17, 15) is 4.79 Å². The maximum absolute atomic E-state index is 11.9. The first-order chi connectivity index (χ1) is 10.0. The zero-order chi connectivity index (χ0) is 15.0. The van der Waals surface area contributed by atoms with Gasteiger partial charge in [-0.3, -0.25) is 5.41 Å². The van der Waals surface area contributed by atoms with Gasteiger partial charge in [-0.25, -0.2) is 9.78 Å². The van der Waals surface area contributed by atoms with Crippen molar-refractivity contribution in [1.29, 1.82) is 5.41 Å². The van der Waals surface area contributed by atoms with Gasteiger partial charge < -0.3 is 10.5 Å². The van der Waals surface area contributed by atoms with E-state index in [2.05, 4.69) is 4.98 Å². The van der Waals surface area contributed by atoms with Crippen molar-refractivity contribution in [2.45, 2.75) is 0 Å². The summed E-state index contributed by atoms with van der Waals surface area (Å²) in [4.78, 5) is 16.6. The normalized spacial score (nSPS) is 10.7. The topological polar surface area (TPSA) is 89.1 Å². The number of ether oxygens (including phenoxy) is 1. The maximum Gasteiger partial charge on any atom is 0.353 e. The fourth-order valence-electron chi connectivity index (χ4n) is 1.66. The average Bonchev–Trinajstić information content (AvgIpc) is 3.04. The van der Waals surface area contributed by atoms with Crippen molar-refractivity contribution >= 4 is 56.3 Å². The minimum absolute atomic E-state index is 0.0806. The van der Waals surface area contributed by atoms with Crippen molar-refractivity contribution < 1.29 is 9.53 Å². The second kappa shape index (κ2) is 5.44. The highest BCUT2D eigenvalue weighted by molar-refractivity contribution is 7.20. The molecule has 0 bridgehead atoms. The Morgan fingerprint density at radius 2 is 2.10 bits per heavy atom. The van der Waals surface area contributed by atoms with Crippen molar-refractivity contribution in [2.75, 3.05) is 0 Å². The van der Waals surface area contributed by atoms with Crippen molar-refractivity contribution in [3.05, 3.63) is 44.6 Å². The lowest BCUT2D eigenvalue weighted by atomic mass is 10.3. The Kier molecular flexibility index (Phi) is 3.62. The highest BCUT2D eigenvalue weighted by Crippen LogP contribution is 2.28. The molecule has 3 rings (SSSR count). The molecule has 2 heterocycles. The van der Waals surface area contributed by atoms with Crippen LogP contribution in [-0.2, 0) is 0 Å². The minimum Gasteiger partial charge on any atom is -0.422 e. The molecule has 21 heavy (non-hydrogen) atoms. The van der Waals surface area contributed by atoms with Gasteiger partial charge in [-0.15, -0.1) is 22.7 Å². The first kappa shape index (κ1) is 14.0. The first-order valence-corrected chi connectivity index (χ1v) is 7.76. The Labute approximate surface area is 132 Å². The van der Waals surface area contributed by atoms with E-state index in [0.29, 0.717) is 25.5 Å². The predicted octanol–water partition coefficient (Wildman–Crippen LogP) is 3.51. The van der Waals surface area contributed by atoms with Crippen LogP contribution in [0.25, 0.3) is 10.2 Å². The van der Waals surface area contributed by atoms with E-state index in [1.54, 1.807) is 30.3 Å². The summed E-state index contributed by atoms with van der Waals surface area (Å²) >= 11 is 8.23. The number of fused-ring (bicyclic) bond motifs is 1. The molecule has 3 N–H and O–H groups in total. The van der Waals surface area contributed by atoms with Crippen molar-refractivity contribution in [1.82, 2.24) is 4.98 Å². The van der Waals surface area contributed by atoms with Crippen LogP contribution >= 0.6 is 34.3 Å². The number of nitrogens with one attached hydrogen (secondary N) is 1. The number of thiophene rings is 1. The molecule has 106 valence electrons. The van der Waals surface area contributed by atoms with Crippen LogP contribution in [0.2, 0.25) is 4.34 Å². The second-order valence-electron chi connectivity index (χ2n) is 4.06. The second-order valence-corrected chi connectivity index (χ2v) is 6.80. The standard InChI is InChI=1S/C13H8ClN3O2S2/c14-10-4-3-8(20-10)13(18)19-6-1-2-7-9(5-6)21-12(17-7)11(15)16/h1-5H,(H3,15,16).